The Morgan fingerprint density at radius 2 is 1.93 bits per heavy atom. The molecule has 2 N–H and O–H groups in total. The van der Waals surface area contributed by atoms with Crippen LogP contribution in [0.2, 0.25) is 0 Å². The summed E-state index contributed by atoms with van der Waals surface area (Å²) in [6, 6.07) is 16.2. The van der Waals surface area contributed by atoms with Crippen molar-refractivity contribution in [3.05, 3.63) is 82.2 Å². The van der Waals surface area contributed by atoms with Gasteiger partial charge in [-0.2, -0.15) is 5.10 Å². The Labute approximate surface area is 169 Å². The van der Waals surface area contributed by atoms with Gasteiger partial charge in [0.05, 0.1) is 17.9 Å². The van der Waals surface area contributed by atoms with Gasteiger partial charge in [-0.05, 0) is 17.7 Å². The molecule has 2 aromatic carbocycles. The minimum absolute atomic E-state index is 0.0577. The summed E-state index contributed by atoms with van der Waals surface area (Å²) >= 11 is 1.39. The molecule has 29 heavy (non-hydrogen) atoms. The number of carbonyl (C=O) groups excluding carboxylic acids is 1. The SMILES string of the molecule is O=C(Cn1cnc2scc(-c3ccccc3)c2c1=O)N/N=C/c1ccccc1O. The molecule has 0 fully saturated rings. The smallest absolute Gasteiger partial charge is 0.263 e. The zero-order valence-electron chi connectivity index (χ0n) is 15.1. The number of nitrogens with zero attached hydrogens (tertiary/aromatic N) is 3. The van der Waals surface area contributed by atoms with Gasteiger partial charge in [-0.15, -0.1) is 11.3 Å². The number of hydrogen-bond donors (Lipinski definition) is 2. The lowest BCUT2D eigenvalue weighted by Gasteiger charge is -2.05. The Kier molecular flexibility index (Phi) is 5.17. The van der Waals surface area contributed by atoms with Crippen LogP contribution in [0.5, 0.6) is 5.75 Å². The largest absolute Gasteiger partial charge is 0.507 e. The molecule has 0 saturated carbocycles. The predicted molar refractivity (Wildman–Crippen MR) is 113 cm³/mol. The van der Waals surface area contributed by atoms with Gasteiger partial charge in [0.15, 0.2) is 0 Å². The van der Waals surface area contributed by atoms with Crippen LogP contribution in [0.3, 0.4) is 0 Å². The third-order valence-corrected chi connectivity index (χ3v) is 5.18. The molecule has 1 amide bonds. The van der Waals surface area contributed by atoms with E-state index < -0.39 is 5.91 Å². The van der Waals surface area contributed by atoms with Crippen LogP contribution in [-0.2, 0) is 11.3 Å². The van der Waals surface area contributed by atoms with E-state index in [4.69, 9.17) is 0 Å². The van der Waals surface area contributed by atoms with Crippen molar-refractivity contribution < 1.29 is 9.90 Å². The van der Waals surface area contributed by atoms with E-state index in [1.165, 1.54) is 34.5 Å². The number of phenols is 1. The van der Waals surface area contributed by atoms with E-state index in [0.717, 1.165) is 11.1 Å². The number of hydrogen-bond acceptors (Lipinski definition) is 6. The van der Waals surface area contributed by atoms with Gasteiger partial charge >= 0.3 is 0 Å². The van der Waals surface area contributed by atoms with Gasteiger partial charge in [-0.1, -0.05) is 42.5 Å². The molecular formula is C21H16N4O3S. The third-order valence-electron chi connectivity index (χ3n) is 4.29. The van der Waals surface area contributed by atoms with Gasteiger partial charge in [0.1, 0.15) is 17.1 Å². The number of carbonyl (C=O) groups is 1. The number of hydrazone groups is 1. The molecule has 8 heteroatoms. The van der Waals surface area contributed by atoms with Gasteiger partial charge in [-0.25, -0.2) is 10.4 Å². The molecule has 0 radical (unpaired) electrons. The molecule has 4 aromatic rings. The first-order valence-corrected chi connectivity index (χ1v) is 9.63. The van der Waals surface area contributed by atoms with E-state index in [0.29, 0.717) is 15.8 Å². The van der Waals surface area contributed by atoms with Gasteiger partial charge < -0.3 is 5.11 Å². The number of thiophene rings is 1. The minimum atomic E-state index is -0.476. The second kappa shape index (κ2) is 8.07. The van der Waals surface area contributed by atoms with E-state index in [9.17, 15) is 14.7 Å². The van der Waals surface area contributed by atoms with Crippen molar-refractivity contribution in [1.82, 2.24) is 15.0 Å². The van der Waals surface area contributed by atoms with Gasteiger partial charge in [0.25, 0.3) is 11.5 Å². The standard InChI is InChI=1S/C21H16N4O3S/c26-17-9-5-4-8-15(17)10-23-24-18(27)11-25-13-22-20-19(21(25)28)16(12-29-20)14-6-2-1-3-7-14/h1-10,12-13,26H,11H2,(H,24,27)/b23-10+. The number of amides is 1. The molecule has 0 aliphatic carbocycles. The Hall–Kier alpha value is -3.78. The highest BCUT2D eigenvalue weighted by Crippen LogP contribution is 2.30. The van der Waals surface area contributed by atoms with Crippen LogP contribution in [0.1, 0.15) is 5.56 Å². The van der Waals surface area contributed by atoms with Crippen molar-refractivity contribution >= 4 is 33.7 Å². The average molecular weight is 404 g/mol. The summed E-state index contributed by atoms with van der Waals surface area (Å²) in [6.07, 6.45) is 2.70. The first-order chi connectivity index (χ1) is 14.1. The van der Waals surface area contributed by atoms with Crippen molar-refractivity contribution in [2.75, 3.05) is 0 Å². The summed E-state index contributed by atoms with van der Waals surface area (Å²) in [5.74, 6) is -0.418. The van der Waals surface area contributed by atoms with Crippen LogP contribution in [0.4, 0.5) is 0 Å². The monoisotopic (exact) mass is 404 g/mol. The highest BCUT2D eigenvalue weighted by Gasteiger charge is 2.14. The Bertz CT molecular complexity index is 1260. The van der Waals surface area contributed by atoms with E-state index in [1.54, 1.807) is 18.2 Å². The highest BCUT2D eigenvalue weighted by molar-refractivity contribution is 7.17. The summed E-state index contributed by atoms with van der Waals surface area (Å²) in [5.41, 5.74) is 4.27. The maximum atomic E-state index is 12.9. The number of benzene rings is 2. The molecule has 2 heterocycles. The molecule has 4 rings (SSSR count). The first kappa shape index (κ1) is 18.6. The van der Waals surface area contributed by atoms with Crippen LogP contribution in [0.25, 0.3) is 21.3 Å². The number of fused-ring (bicyclic) bond motifs is 1. The van der Waals surface area contributed by atoms with Crippen molar-refractivity contribution in [2.45, 2.75) is 6.54 Å². The lowest BCUT2D eigenvalue weighted by Crippen LogP contribution is -2.30. The maximum absolute atomic E-state index is 12.9. The Morgan fingerprint density at radius 3 is 2.72 bits per heavy atom. The van der Waals surface area contributed by atoms with Crippen LogP contribution in [0, 0.1) is 0 Å². The van der Waals surface area contributed by atoms with Gasteiger partial charge in [0.2, 0.25) is 0 Å². The number of nitrogens with one attached hydrogen (secondary N) is 1. The molecular weight excluding hydrogens is 388 g/mol. The lowest BCUT2D eigenvalue weighted by atomic mass is 10.1. The topological polar surface area (TPSA) is 96.6 Å². The molecule has 7 nitrogen and oxygen atoms in total. The Balaban J connectivity index is 1.55. The number of phenolic OH excluding ortho intramolecular Hbond substituents is 1. The summed E-state index contributed by atoms with van der Waals surface area (Å²) in [4.78, 5) is 30.1. The summed E-state index contributed by atoms with van der Waals surface area (Å²) in [7, 11) is 0. The van der Waals surface area contributed by atoms with E-state index in [2.05, 4.69) is 15.5 Å². The molecule has 2 aromatic heterocycles. The fourth-order valence-corrected chi connectivity index (χ4v) is 3.78. The number of para-hydroxylation sites is 1. The van der Waals surface area contributed by atoms with E-state index in [1.807, 2.05) is 35.7 Å². The molecule has 0 saturated heterocycles. The van der Waals surface area contributed by atoms with E-state index in [-0.39, 0.29) is 17.9 Å². The average Bonchev–Trinajstić information content (AvgIpc) is 3.17. The molecule has 0 unspecified atom stereocenters. The summed E-state index contributed by atoms with van der Waals surface area (Å²) in [6.45, 7) is -0.218. The lowest BCUT2D eigenvalue weighted by molar-refractivity contribution is -0.121. The molecule has 0 spiro atoms. The zero-order chi connectivity index (χ0) is 20.2. The van der Waals surface area contributed by atoms with Crippen LogP contribution < -0.4 is 11.0 Å². The molecule has 0 aliphatic heterocycles. The zero-order valence-corrected chi connectivity index (χ0v) is 16.0. The van der Waals surface area contributed by atoms with Gasteiger partial charge in [0, 0.05) is 16.5 Å². The second-order valence-corrected chi connectivity index (χ2v) is 7.08. The quantitative estimate of drug-likeness (QED) is 0.395. The van der Waals surface area contributed by atoms with Crippen LogP contribution in [0.15, 0.2) is 76.2 Å². The van der Waals surface area contributed by atoms with Gasteiger partial charge in [-0.3, -0.25) is 14.2 Å². The van der Waals surface area contributed by atoms with Crippen molar-refractivity contribution in [1.29, 1.82) is 0 Å². The fraction of sp³-hybridized carbons (Fsp3) is 0.0476. The minimum Gasteiger partial charge on any atom is -0.507 e. The number of rotatable bonds is 5. The van der Waals surface area contributed by atoms with E-state index >= 15 is 0 Å². The third kappa shape index (κ3) is 3.92. The Morgan fingerprint density at radius 1 is 1.17 bits per heavy atom. The number of aromatic hydroxyl groups is 1. The number of aromatic nitrogens is 2. The molecule has 0 atom stereocenters. The molecule has 0 aliphatic rings. The van der Waals surface area contributed by atoms with Crippen molar-refractivity contribution in [3.8, 4) is 16.9 Å². The first-order valence-electron chi connectivity index (χ1n) is 8.75. The summed E-state index contributed by atoms with van der Waals surface area (Å²) < 4.78 is 1.26. The molecule has 144 valence electrons. The van der Waals surface area contributed by atoms with Crippen molar-refractivity contribution in [2.24, 2.45) is 5.10 Å². The predicted octanol–water partition coefficient (Wildman–Crippen LogP) is 2.98. The second-order valence-electron chi connectivity index (χ2n) is 6.23. The maximum Gasteiger partial charge on any atom is 0.263 e. The molecule has 0 bridgehead atoms. The van der Waals surface area contributed by atoms with Crippen molar-refractivity contribution in [3.63, 3.8) is 0 Å². The van der Waals surface area contributed by atoms with Crippen LogP contribution in [-0.4, -0.2) is 26.8 Å². The van der Waals surface area contributed by atoms with Crippen LogP contribution >= 0.6 is 11.3 Å². The normalized spacial score (nSPS) is 11.2. The fourth-order valence-electron chi connectivity index (χ4n) is 2.87. The highest BCUT2D eigenvalue weighted by atomic mass is 32.1. The summed E-state index contributed by atoms with van der Waals surface area (Å²) in [5, 5.41) is 15.9.